The summed E-state index contributed by atoms with van der Waals surface area (Å²) in [5.41, 5.74) is 0.346. The molecule has 2 amide bonds. The molecule has 0 radical (unpaired) electrons. The predicted molar refractivity (Wildman–Crippen MR) is 105 cm³/mol. The van der Waals surface area contributed by atoms with E-state index in [0.29, 0.717) is 25.2 Å². The van der Waals surface area contributed by atoms with Crippen LogP contribution in [0.15, 0.2) is 29.2 Å². The molecule has 2 rings (SSSR count). The third-order valence-corrected chi connectivity index (χ3v) is 6.03. The van der Waals surface area contributed by atoms with Gasteiger partial charge in [0.2, 0.25) is 5.91 Å². The maximum Gasteiger partial charge on any atom is 0.253 e. The Balaban J connectivity index is 1.95. The molecule has 1 aromatic carbocycles. The Kier molecular flexibility index (Phi) is 7.83. The fourth-order valence-corrected chi connectivity index (χ4v) is 3.99. The maximum absolute atomic E-state index is 12.8. The van der Waals surface area contributed by atoms with E-state index in [-0.39, 0.29) is 22.6 Å². The van der Waals surface area contributed by atoms with Crippen LogP contribution in [0.25, 0.3) is 0 Å². The van der Waals surface area contributed by atoms with Crippen molar-refractivity contribution < 1.29 is 18.0 Å². The number of rotatable bonds is 8. The van der Waals surface area contributed by atoms with Crippen molar-refractivity contribution in [3.63, 3.8) is 0 Å². The van der Waals surface area contributed by atoms with Crippen LogP contribution in [-0.2, 0) is 14.6 Å². The number of unbranched alkanes of at least 4 members (excludes halogenated alkanes) is 3. The average Bonchev–Trinajstić information content (AvgIpc) is 2.66. The first-order chi connectivity index (χ1) is 12.8. The van der Waals surface area contributed by atoms with Crippen LogP contribution >= 0.6 is 0 Å². The summed E-state index contributed by atoms with van der Waals surface area (Å²) in [7, 11) is -3.37. The van der Waals surface area contributed by atoms with E-state index >= 15 is 0 Å². The lowest BCUT2D eigenvalue weighted by atomic mass is 9.96. The summed E-state index contributed by atoms with van der Waals surface area (Å²) >= 11 is 0. The van der Waals surface area contributed by atoms with Gasteiger partial charge in [0.15, 0.2) is 9.84 Å². The molecule has 6 nitrogen and oxygen atoms in total. The standard InChI is InChI=1S/C20H30N2O4S/c1-3-4-5-6-12-21-19(23)17-10-8-13-22(15-17)20(24)16-9-7-11-18(14-16)27(2,25)26/h7,9,11,14,17H,3-6,8,10,12-13,15H2,1-2H3,(H,21,23). The van der Waals surface area contributed by atoms with Gasteiger partial charge in [-0.25, -0.2) is 8.42 Å². The molecule has 27 heavy (non-hydrogen) atoms. The molecule has 0 aromatic heterocycles. The van der Waals surface area contributed by atoms with Crippen molar-refractivity contribution >= 4 is 21.7 Å². The van der Waals surface area contributed by atoms with E-state index in [9.17, 15) is 18.0 Å². The van der Waals surface area contributed by atoms with Crippen LogP contribution in [0.4, 0.5) is 0 Å². The number of nitrogens with zero attached hydrogens (tertiary/aromatic N) is 1. The zero-order valence-corrected chi connectivity index (χ0v) is 17.1. The molecule has 1 unspecified atom stereocenters. The number of hydrogen-bond acceptors (Lipinski definition) is 4. The molecule has 1 heterocycles. The second-order valence-corrected chi connectivity index (χ2v) is 9.26. The summed E-state index contributed by atoms with van der Waals surface area (Å²) in [6.07, 6.45) is 7.09. The minimum Gasteiger partial charge on any atom is -0.356 e. The highest BCUT2D eigenvalue weighted by molar-refractivity contribution is 7.90. The number of piperidine rings is 1. The third-order valence-electron chi connectivity index (χ3n) is 4.92. The Morgan fingerprint density at radius 2 is 2.00 bits per heavy atom. The van der Waals surface area contributed by atoms with E-state index in [1.165, 1.54) is 18.6 Å². The molecule has 1 aromatic rings. The van der Waals surface area contributed by atoms with E-state index in [1.807, 2.05) is 0 Å². The third kappa shape index (κ3) is 6.34. The number of likely N-dealkylation sites (tertiary alicyclic amines) is 1. The first-order valence-corrected chi connectivity index (χ1v) is 11.6. The molecule has 0 spiro atoms. The van der Waals surface area contributed by atoms with Gasteiger partial charge in [-0.05, 0) is 37.5 Å². The highest BCUT2D eigenvalue weighted by atomic mass is 32.2. The van der Waals surface area contributed by atoms with Crippen molar-refractivity contribution in [1.82, 2.24) is 10.2 Å². The quantitative estimate of drug-likeness (QED) is 0.687. The monoisotopic (exact) mass is 394 g/mol. The molecule has 1 saturated heterocycles. The van der Waals surface area contributed by atoms with Crippen LogP contribution < -0.4 is 5.32 Å². The molecule has 150 valence electrons. The summed E-state index contributed by atoms with van der Waals surface area (Å²) in [5, 5.41) is 2.98. The summed E-state index contributed by atoms with van der Waals surface area (Å²) in [6, 6.07) is 6.09. The zero-order valence-electron chi connectivity index (χ0n) is 16.2. The van der Waals surface area contributed by atoms with E-state index < -0.39 is 9.84 Å². The zero-order chi connectivity index (χ0) is 19.9. The summed E-state index contributed by atoms with van der Waals surface area (Å²) < 4.78 is 23.4. The number of sulfone groups is 1. The lowest BCUT2D eigenvalue weighted by molar-refractivity contribution is -0.126. The molecule has 7 heteroatoms. The summed E-state index contributed by atoms with van der Waals surface area (Å²) in [5.74, 6) is -0.415. The summed E-state index contributed by atoms with van der Waals surface area (Å²) in [4.78, 5) is 27.0. The van der Waals surface area contributed by atoms with Crippen LogP contribution in [0.5, 0.6) is 0 Å². The molecule has 0 bridgehead atoms. The van der Waals surface area contributed by atoms with E-state index in [4.69, 9.17) is 0 Å². The fourth-order valence-electron chi connectivity index (χ4n) is 3.33. The van der Waals surface area contributed by atoms with Gasteiger partial charge < -0.3 is 10.2 Å². The number of carbonyl (C=O) groups is 2. The lowest BCUT2D eigenvalue weighted by Gasteiger charge is -2.32. The van der Waals surface area contributed by atoms with Gasteiger partial charge in [0.05, 0.1) is 10.8 Å². The van der Waals surface area contributed by atoms with Crippen LogP contribution in [-0.4, -0.2) is 51.0 Å². The molecule has 1 atom stereocenters. The van der Waals surface area contributed by atoms with Gasteiger partial charge in [0, 0.05) is 31.5 Å². The van der Waals surface area contributed by atoms with E-state index in [0.717, 1.165) is 38.4 Å². The normalized spacial score (nSPS) is 17.6. The first-order valence-electron chi connectivity index (χ1n) is 9.70. The van der Waals surface area contributed by atoms with Crippen LogP contribution in [0.1, 0.15) is 55.8 Å². The molecule has 1 aliphatic heterocycles. The molecule has 1 N–H and O–H groups in total. The second kappa shape index (κ2) is 9.88. The van der Waals surface area contributed by atoms with Gasteiger partial charge in [-0.1, -0.05) is 32.3 Å². The minimum absolute atomic E-state index is 0.00823. The smallest absolute Gasteiger partial charge is 0.253 e. The Bertz CT molecular complexity index is 761. The van der Waals surface area contributed by atoms with E-state index in [1.54, 1.807) is 17.0 Å². The molecule has 1 aliphatic rings. The SMILES string of the molecule is CCCCCCNC(=O)C1CCCN(C(=O)c2cccc(S(C)(=O)=O)c2)C1. The number of carbonyl (C=O) groups excluding carboxylic acids is 2. The van der Waals surface area contributed by atoms with Gasteiger partial charge in [0.25, 0.3) is 5.91 Å². The molecule has 1 fully saturated rings. The van der Waals surface area contributed by atoms with Crippen LogP contribution in [0.3, 0.4) is 0 Å². The molecular weight excluding hydrogens is 364 g/mol. The Labute approximate surface area is 162 Å². The van der Waals surface area contributed by atoms with Crippen molar-refractivity contribution in [1.29, 1.82) is 0 Å². The maximum atomic E-state index is 12.8. The molecule has 0 aliphatic carbocycles. The van der Waals surface area contributed by atoms with Gasteiger partial charge in [-0.2, -0.15) is 0 Å². The van der Waals surface area contributed by atoms with Gasteiger partial charge >= 0.3 is 0 Å². The highest BCUT2D eigenvalue weighted by Gasteiger charge is 2.29. The highest BCUT2D eigenvalue weighted by Crippen LogP contribution is 2.20. The van der Waals surface area contributed by atoms with Crippen LogP contribution in [0.2, 0.25) is 0 Å². The second-order valence-electron chi connectivity index (χ2n) is 7.24. The van der Waals surface area contributed by atoms with Gasteiger partial charge in [-0.3, -0.25) is 9.59 Å². The number of nitrogens with one attached hydrogen (secondary N) is 1. The Morgan fingerprint density at radius 3 is 2.70 bits per heavy atom. The fraction of sp³-hybridized carbons (Fsp3) is 0.600. The largest absolute Gasteiger partial charge is 0.356 e. The van der Waals surface area contributed by atoms with Crippen LogP contribution in [0, 0.1) is 5.92 Å². The van der Waals surface area contributed by atoms with Crippen molar-refractivity contribution in [3.8, 4) is 0 Å². The predicted octanol–water partition coefficient (Wildman–Crippen LogP) is 2.64. The number of amides is 2. The van der Waals surface area contributed by atoms with Gasteiger partial charge in [0.1, 0.15) is 0 Å². The van der Waals surface area contributed by atoms with Crippen molar-refractivity contribution in [2.24, 2.45) is 5.92 Å². The van der Waals surface area contributed by atoms with Gasteiger partial charge in [-0.15, -0.1) is 0 Å². The first kappa shape index (κ1) is 21.4. The number of benzene rings is 1. The summed E-state index contributed by atoms with van der Waals surface area (Å²) in [6.45, 7) is 3.79. The minimum atomic E-state index is -3.37. The van der Waals surface area contributed by atoms with Crippen molar-refractivity contribution in [3.05, 3.63) is 29.8 Å². The molecule has 0 saturated carbocycles. The van der Waals surface area contributed by atoms with Crippen molar-refractivity contribution in [2.75, 3.05) is 25.9 Å². The average molecular weight is 395 g/mol. The van der Waals surface area contributed by atoms with E-state index in [2.05, 4.69) is 12.2 Å². The molecular formula is C20H30N2O4S. The number of hydrogen-bond donors (Lipinski definition) is 1. The van der Waals surface area contributed by atoms with Crippen molar-refractivity contribution in [2.45, 2.75) is 50.3 Å². The lowest BCUT2D eigenvalue weighted by Crippen LogP contribution is -2.45. The Hall–Kier alpha value is -1.89. The topological polar surface area (TPSA) is 83.6 Å². The Morgan fingerprint density at radius 1 is 1.22 bits per heavy atom.